The highest BCUT2D eigenvalue weighted by molar-refractivity contribution is 6.25. The molecule has 11 nitrogen and oxygen atoms in total. The molecule has 2 amide bonds. The number of benzene rings is 1. The first-order valence-corrected chi connectivity index (χ1v) is 12.7. The summed E-state index contributed by atoms with van der Waals surface area (Å²) >= 11 is 0. The summed E-state index contributed by atoms with van der Waals surface area (Å²) in [5.41, 5.74) is 5.95. The Balaban J connectivity index is 1.76. The fourth-order valence-corrected chi connectivity index (χ4v) is 5.28. The molecule has 1 aliphatic heterocycles. The maximum atomic E-state index is 13.1. The normalized spacial score (nSPS) is 21.3. The van der Waals surface area contributed by atoms with E-state index in [0.717, 1.165) is 44.9 Å². The maximum Gasteiger partial charge on any atom is 0.409 e. The van der Waals surface area contributed by atoms with Crippen LogP contribution in [0.25, 0.3) is 0 Å². The zero-order chi connectivity index (χ0) is 27.0. The van der Waals surface area contributed by atoms with Gasteiger partial charge in [-0.15, -0.1) is 0 Å². The highest BCUT2D eigenvalue weighted by atomic mass is 16.6. The number of nitrogens with one attached hydrogen (secondary N) is 2. The zero-order valence-corrected chi connectivity index (χ0v) is 21.5. The van der Waals surface area contributed by atoms with E-state index in [1.807, 2.05) is 0 Å². The number of amides is 2. The molecule has 3 rings (SSSR count). The van der Waals surface area contributed by atoms with Crippen molar-refractivity contribution >= 4 is 30.0 Å². The number of nitrogens with two attached hydrogens (primary N) is 1. The van der Waals surface area contributed by atoms with E-state index >= 15 is 0 Å². The number of aliphatic carboxylic acids is 1. The summed E-state index contributed by atoms with van der Waals surface area (Å²) in [4.78, 5) is 42.2. The van der Waals surface area contributed by atoms with E-state index in [9.17, 15) is 14.4 Å². The zero-order valence-electron chi connectivity index (χ0n) is 21.5. The molecule has 1 saturated heterocycles. The molecule has 2 aliphatic rings. The second-order valence-electron chi connectivity index (χ2n) is 9.63. The van der Waals surface area contributed by atoms with E-state index in [1.165, 1.54) is 7.11 Å². The number of carboxylic acids is 1. The largest absolute Gasteiger partial charge is 0.496 e. The lowest BCUT2D eigenvalue weighted by atomic mass is 9.76. The number of aliphatic imine (C=N–C) groups is 1. The third kappa shape index (κ3) is 6.85. The van der Waals surface area contributed by atoms with E-state index < -0.39 is 23.8 Å². The van der Waals surface area contributed by atoms with Crippen molar-refractivity contribution in [3.8, 4) is 5.75 Å². The van der Waals surface area contributed by atoms with E-state index in [2.05, 4.69) is 10.3 Å². The van der Waals surface area contributed by atoms with E-state index in [1.54, 1.807) is 30.0 Å². The number of likely N-dealkylation sites (tertiary alicyclic amines) is 1. The molecule has 1 heterocycles. The van der Waals surface area contributed by atoms with Crippen LogP contribution < -0.4 is 15.8 Å². The van der Waals surface area contributed by atoms with Crippen LogP contribution >= 0.6 is 0 Å². The molecule has 2 atom stereocenters. The number of piperidine rings is 1. The van der Waals surface area contributed by atoms with Crippen molar-refractivity contribution in [1.29, 1.82) is 5.41 Å². The maximum absolute atomic E-state index is 13.1. The number of ether oxygens (including phenoxy) is 2. The number of carboxylic acid groups (broad SMARTS) is 1. The Bertz CT molecular complexity index is 1040. The number of nitrogens with zero attached hydrogens (tertiary/aromatic N) is 2. The molecule has 202 valence electrons. The molecule has 0 bridgehead atoms. The van der Waals surface area contributed by atoms with Crippen molar-refractivity contribution in [1.82, 2.24) is 10.2 Å². The Hall–Kier alpha value is -3.47. The number of hydrogen-bond donors (Lipinski definition) is 4. The Morgan fingerprint density at radius 2 is 2.00 bits per heavy atom. The average Bonchev–Trinajstić information content (AvgIpc) is 2.90. The molecule has 0 aromatic heterocycles. The highest BCUT2D eigenvalue weighted by Gasteiger charge is 2.51. The number of hydrogen-bond acceptors (Lipinski definition) is 7. The molecule has 1 saturated carbocycles. The highest BCUT2D eigenvalue weighted by Crippen LogP contribution is 2.43. The first-order valence-electron chi connectivity index (χ1n) is 12.7. The topological polar surface area (TPSA) is 167 Å². The number of amidine groups is 1. The molecule has 0 spiro atoms. The van der Waals surface area contributed by atoms with Gasteiger partial charge in [0, 0.05) is 36.6 Å². The predicted octanol–water partition coefficient (Wildman–Crippen LogP) is 3.04. The lowest BCUT2D eigenvalue weighted by Crippen LogP contribution is -2.64. The van der Waals surface area contributed by atoms with Gasteiger partial charge in [-0.3, -0.25) is 10.2 Å². The van der Waals surface area contributed by atoms with Gasteiger partial charge in [0.1, 0.15) is 12.0 Å². The summed E-state index contributed by atoms with van der Waals surface area (Å²) in [6.07, 6.45) is 7.29. The van der Waals surface area contributed by atoms with Gasteiger partial charge in [0.25, 0.3) is 0 Å². The SMILES string of the molecule is COc1cc(C(=N)N=CC(=O)O)ccc1CNC(=O)OC1(C2CCCCC2)CCCCN1C(=O)[C@H](C)N. The third-order valence-electron chi connectivity index (χ3n) is 7.08. The predicted molar refractivity (Wildman–Crippen MR) is 138 cm³/mol. The molecule has 1 aromatic carbocycles. The van der Waals surface area contributed by atoms with Crippen LogP contribution in [0.1, 0.15) is 69.4 Å². The first-order chi connectivity index (χ1) is 17.7. The molecular weight excluding hydrogens is 478 g/mol. The van der Waals surface area contributed by atoms with E-state index in [4.69, 9.17) is 25.7 Å². The second-order valence-corrected chi connectivity index (χ2v) is 9.63. The second kappa shape index (κ2) is 12.7. The summed E-state index contributed by atoms with van der Waals surface area (Å²) in [5, 5.41) is 19.4. The summed E-state index contributed by atoms with van der Waals surface area (Å²) in [6, 6.07) is 4.13. The van der Waals surface area contributed by atoms with Gasteiger partial charge in [-0.05, 0) is 38.7 Å². The van der Waals surface area contributed by atoms with Crippen LogP contribution in [0, 0.1) is 11.3 Å². The molecule has 1 aromatic rings. The molecule has 37 heavy (non-hydrogen) atoms. The fraction of sp³-hybridized carbons (Fsp3) is 0.577. The number of carbonyl (C=O) groups excluding carboxylic acids is 2. The van der Waals surface area contributed by atoms with Crippen LogP contribution in [-0.4, -0.2) is 65.4 Å². The van der Waals surface area contributed by atoms with E-state index in [-0.39, 0.29) is 24.2 Å². The van der Waals surface area contributed by atoms with Gasteiger partial charge in [0.2, 0.25) is 5.91 Å². The van der Waals surface area contributed by atoms with Crippen molar-refractivity contribution in [2.75, 3.05) is 13.7 Å². The quantitative estimate of drug-likeness (QED) is 0.305. The van der Waals surface area contributed by atoms with Crippen molar-refractivity contribution < 1.29 is 29.0 Å². The average molecular weight is 516 g/mol. The number of rotatable bonds is 8. The molecule has 11 heteroatoms. The van der Waals surface area contributed by atoms with Gasteiger partial charge < -0.3 is 30.5 Å². The van der Waals surface area contributed by atoms with Crippen LogP contribution in [0.2, 0.25) is 0 Å². The van der Waals surface area contributed by atoms with Crippen LogP contribution in [-0.2, 0) is 20.9 Å². The van der Waals surface area contributed by atoms with Gasteiger partial charge in [-0.2, -0.15) is 0 Å². The minimum Gasteiger partial charge on any atom is -0.496 e. The first kappa shape index (κ1) is 28.1. The lowest BCUT2D eigenvalue weighted by Gasteiger charge is -2.51. The van der Waals surface area contributed by atoms with Gasteiger partial charge in [0.05, 0.1) is 13.2 Å². The van der Waals surface area contributed by atoms with Crippen molar-refractivity contribution in [2.24, 2.45) is 16.6 Å². The summed E-state index contributed by atoms with van der Waals surface area (Å²) in [6.45, 7) is 2.26. The van der Waals surface area contributed by atoms with Crippen molar-refractivity contribution in [2.45, 2.75) is 76.6 Å². The van der Waals surface area contributed by atoms with E-state index in [0.29, 0.717) is 36.1 Å². The van der Waals surface area contributed by atoms with Gasteiger partial charge in [0.15, 0.2) is 11.6 Å². The van der Waals surface area contributed by atoms with Gasteiger partial charge >= 0.3 is 12.1 Å². The van der Waals surface area contributed by atoms with Crippen LogP contribution in [0.3, 0.4) is 0 Å². The summed E-state index contributed by atoms with van der Waals surface area (Å²) < 4.78 is 11.6. The van der Waals surface area contributed by atoms with Crippen LogP contribution in [0.5, 0.6) is 5.75 Å². The van der Waals surface area contributed by atoms with Crippen LogP contribution in [0.15, 0.2) is 23.2 Å². The molecule has 5 N–H and O–H groups in total. The Morgan fingerprint density at radius 3 is 2.65 bits per heavy atom. The molecule has 0 radical (unpaired) electrons. The minimum absolute atomic E-state index is 0.0567. The number of carbonyl (C=O) groups is 3. The monoisotopic (exact) mass is 515 g/mol. The number of alkyl carbamates (subject to hydrolysis) is 1. The van der Waals surface area contributed by atoms with Gasteiger partial charge in [-0.25, -0.2) is 14.6 Å². The molecule has 2 fully saturated rings. The Kier molecular flexibility index (Phi) is 9.62. The Morgan fingerprint density at radius 1 is 1.27 bits per heavy atom. The third-order valence-corrected chi connectivity index (χ3v) is 7.08. The van der Waals surface area contributed by atoms with Crippen molar-refractivity contribution in [3.63, 3.8) is 0 Å². The molecular formula is C26H37N5O6. The fourth-order valence-electron chi connectivity index (χ4n) is 5.28. The Labute approximate surface area is 216 Å². The summed E-state index contributed by atoms with van der Waals surface area (Å²) in [7, 11) is 1.46. The molecule has 1 aliphatic carbocycles. The minimum atomic E-state index is -1.25. The molecule has 1 unspecified atom stereocenters. The smallest absolute Gasteiger partial charge is 0.409 e. The van der Waals surface area contributed by atoms with Crippen LogP contribution in [0.4, 0.5) is 4.79 Å². The number of methoxy groups -OCH3 is 1. The summed E-state index contributed by atoms with van der Waals surface area (Å²) in [5.74, 6) is -1.22. The lowest BCUT2D eigenvalue weighted by molar-refractivity contribution is -0.190. The van der Waals surface area contributed by atoms with Gasteiger partial charge in [-0.1, -0.05) is 31.4 Å². The standard InChI is InChI=1S/C26H37N5O6/c1-17(27)24(34)31-13-7-6-12-26(31,20-8-4-3-5-9-20)37-25(35)30-15-19-11-10-18(14-21(19)36-2)23(28)29-16-22(32)33/h10-11,14,16-17,20,28H,3-9,12-13,15,27H2,1-2H3,(H,30,35)(H,32,33)/t17-,26?/m0/s1. The van der Waals surface area contributed by atoms with Crippen molar-refractivity contribution in [3.05, 3.63) is 29.3 Å².